The first-order valence-corrected chi connectivity index (χ1v) is 11.2. The van der Waals surface area contributed by atoms with Crippen molar-refractivity contribution in [3.8, 4) is 0 Å². The fourth-order valence-corrected chi connectivity index (χ4v) is 3.19. The zero-order valence-corrected chi connectivity index (χ0v) is 20.0. The van der Waals surface area contributed by atoms with Gasteiger partial charge in [0.25, 0.3) is 0 Å². The lowest BCUT2D eigenvalue weighted by Crippen LogP contribution is -2.58. The summed E-state index contributed by atoms with van der Waals surface area (Å²) in [6, 6.07) is -5.21. The van der Waals surface area contributed by atoms with Crippen LogP contribution < -0.4 is 27.4 Å². The summed E-state index contributed by atoms with van der Waals surface area (Å²) in [5, 5.41) is 25.3. The van der Waals surface area contributed by atoms with Crippen LogP contribution >= 0.6 is 0 Å². The fraction of sp³-hybridized carbons (Fsp3) is 0.571. The number of aromatic amines is 1. The Morgan fingerprint density at radius 3 is 2.06 bits per heavy atom. The molecule has 0 saturated carbocycles. The van der Waals surface area contributed by atoms with E-state index in [4.69, 9.17) is 16.6 Å². The minimum Gasteiger partial charge on any atom is -0.481 e. The number of carbonyl (C=O) groups is 6. The third-order valence-corrected chi connectivity index (χ3v) is 4.97. The monoisotopic (exact) mass is 511 g/mol. The number of aliphatic carboxylic acids is 2. The van der Waals surface area contributed by atoms with E-state index in [0.29, 0.717) is 5.69 Å². The molecule has 4 atom stereocenters. The quantitative estimate of drug-likeness (QED) is 0.117. The Labute approximate surface area is 206 Å². The van der Waals surface area contributed by atoms with Crippen LogP contribution in [0.15, 0.2) is 12.5 Å². The molecular formula is C21H33N7O8. The number of carboxylic acids is 2. The van der Waals surface area contributed by atoms with Gasteiger partial charge in [0.1, 0.15) is 18.1 Å². The number of H-pyrrole nitrogens is 1. The van der Waals surface area contributed by atoms with E-state index in [9.17, 15) is 33.9 Å². The summed E-state index contributed by atoms with van der Waals surface area (Å²) in [6.45, 7) is 3.55. The lowest BCUT2D eigenvalue weighted by atomic mass is 10.0. The number of amides is 4. The molecule has 0 spiro atoms. The number of nitrogens with zero attached hydrogens (tertiary/aromatic N) is 1. The average molecular weight is 512 g/mol. The molecule has 0 radical (unpaired) electrons. The molecule has 0 aliphatic heterocycles. The molecule has 1 rings (SSSR count). The van der Waals surface area contributed by atoms with Crippen LogP contribution in [0.25, 0.3) is 0 Å². The summed E-state index contributed by atoms with van der Waals surface area (Å²) in [7, 11) is 0. The number of imidazole rings is 1. The van der Waals surface area contributed by atoms with E-state index >= 15 is 0 Å². The lowest BCUT2D eigenvalue weighted by molar-refractivity contribution is -0.143. The highest BCUT2D eigenvalue weighted by molar-refractivity contribution is 5.95. The van der Waals surface area contributed by atoms with Crippen molar-refractivity contribution in [1.82, 2.24) is 25.9 Å². The number of aromatic nitrogens is 2. The second-order valence-corrected chi connectivity index (χ2v) is 8.64. The maximum atomic E-state index is 13.1. The van der Waals surface area contributed by atoms with E-state index in [2.05, 4.69) is 25.9 Å². The average Bonchev–Trinajstić information content (AvgIpc) is 3.27. The molecule has 4 amide bonds. The van der Waals surface area contributed by atoms with E-state index < -0.39 is 72.6 Å². The van der Waals surface area contributed by atoms with E-state index in [1.165, 1.54) is 12.5 Å². The molecule has 1 aromatic heterocycles. The molecule has 10 N–H and O–H groups in total. The van der Waals surface area contributed by atoms with Crippen LogP contribution in [-0.4, -0.2) is 79.9 Å². The number of hydrogen-bond acceptors (Lipinski definition) is 8. The smallest absolute Gasteiger partial charge is 0.326 e. The van der Waals surface area contributed by atoms with Gasteiger partial charge in [-0.2, -0.15) is 0 Å². The highest BCUT2D eigenvalue weighted by atomic mass is 16.4. The number of nitrogens with one attached hydrogen (secondary N) is 4. The fourth-order valence-electron chi connectivity index (χ4n) is 3.19. The summed E-state index contributed by atoms with van der Waals surface area (Å²) in [5.74, 6) is -5.99. The number of carboxylic acid groups (broad SMARTS) is 2. The van der Waals surface area contributed by atoms with Gasteiger partial charge in [-0.1, -0.05) is 13.8 Å². The molecule has 0 fully saturated rings. The zero-order chi connectivity index (χ0) is 27.4. The van der Waals surface area contributed by atoms with Gasteiger partial charge in [-0.15, -0.1) is 0 Å². The van der Waals surface area contributed by atoms with Gasteiger partial charge in [-0.05, 0) is 18.8 Å². The normalized spacial score (nSPS) is 14.2. The Morgan fingerprint density at radius 1 is 0.972 bits per heavy atom. The van der Waals surface area contributed by atoms with Crippen LogP contribution in [-0.2, 0) is 35.2 Å². The number of carbonyl (C=O) groups excluding carboxylic acids is 4. The van der Waals surface area contributed by atoms with Crippen LogP contribution in [0.5, 0.6) is 0 Å². The molecule has 200 valence electrons. The van der Waals surface area contributed by atoms with E-state index in [-0.39, 0.29) is 25.2 Å². The van der Waals surface area contributed by atoms with Gasteiger partial charge in [0.2, 0.25) is 23.6 Å². The van der Waals surface area contributed by atoms with Gasteiger partial charge in [-0.3, -0.25) is 24.0 Å². The zero-order valence-electron chi connectivity index (χ0n) is 20.0. The first-order valence-electron chi connectivity index (χ1n) is 11.2. The second-order valence-electron chi connectivity index (χ2n) is 8.64. The van der Waals surface area contributed by atoms with Gasteiger partial charge in [0.05, 0.1) is 18.8 Å². The largest absolute Gasteiger partial charge is 0.481 e. The SMILES string of the molecule is CC(C)CC(NC(=O)C(Cc1cnc[nH]1)NC(=O)C(N)CC(N)=O)C(=O)NC(CCC(=O)O)C(=O)O. The van der Waals surface area contributed by atoms with Crippen LogP contribution in [0.1, 0.15) is 45.2 Å². The summed E-state index contributed by atoms with van der Waals surface area (Å²) in [4.78, 5) is 78.4. The third-order valence-electron chi connectivity index (χ3n) is 4.97. The van der Waals surface area contributed by atoms with Gasteiger partial charge in [-0.25, -0.2) is 9.78 Å². The van der Waals surface area contributed by atoms with Gasteiger partial charge in [0.15, 0.2) is 0 Å². The van der Waals surface area contributed by atoms with Crippen molar-refractivity contribution in [2.45, 2.75) is 70.1 Å². The molecule has 0 saturated heterocycles. The molecule has 1 heterocycles. The number of rotatable bonds is 16. The van der Waals surface area contributed by atoms with Crippen molar-refractivity contribution in [1.29, 1.82) is 0 Å². The first kappa shape index (κ1) is 30.0. The van der Waals surface area contributed by atoms with E-state index in [1.54, 1.807) is 13.8 Å². The molecule has 36 heavy (non-hydrogen) atoms. The Morgan fingerprint density at radius 2 is 1.56 bits per heavy atom. The summed E-state index contributed by atoms with van der Waals surface area (Å²) in [5.41, 5.74) is 11.2. The van der Waals surface area contributed by atoms with Gasteiger partial charge >= 0.3 is 11.9 Å². The minimum atomic E-state index is -1.48. The molecule has 0 aliphatic carbocycles. The summed E-state index contributed by atoms with van der Waals surface area (Å²) in [6.07, 6.45) is 1.56. The van der Waals surface area contributed by atoms with Crippen molar-refractivity contribution >= 4 is 35.6 Å². The maximum Gasteiger partial charge on any atom is 0.326 e. The Bertz CT molecular complexity index is 935. The number of hydrogen-bond donors (Lipinski definition) is 8. The van der Waals surface area contributed by atoms with Crippen molar-refractivity contribution in [2.75, 3.05) is 0 Å². The number of nitrogens with two attached hydrogens (primary N) is 2. The standard InChI is InChI=1S/C21H33N7O8/c1-10(2)5-14(19(33)26-13(21(35)36)3-4-17(30)31)28-20(34)15(6-11-8-24-9-25-11)27-18(32)12(22)7-16(23)29/h8-10,12-15H,3-7,22H2,1-2H3,(H2,23,29)(H,24,25)(H,26,33)(H,27,32)(H,28,34)(H,30,31)(H,35,36). The Kier molecular flexibility index (Phi) is 12.0. The lowest BCUT2D eigenvalue weighted by Gasteiger charge is -2.26. The van der Waals surface area contributed by atoms with Crippen LogP contribution in [0, 0.1) is 5.92 Å². The van der Waals surface area contributed by atoms with Crippen molar-refractivity contribution < 1.29 is 39.0 Å². The predicted octanol–water partition coefficient (Wildman–Crippen LogP) is -2.40. The molecule has 1 aromatic rings. The molecular weight excluding hydrogens is 478 g/mol. The van der Waals surface area contributed by atoms with Crippen molar-refractivity contribution in [2.24, 2.45) is 17.4 Å². The molecule has 0 bridgehead atoms. The topological polar surface area (TPSA) is 260 Å². The second kappa shape index (κ2) is 14.4. The van der Waals surface area contributed by atoms with Gasteiger partial charge in [0, 0.05) is 24.7 Å². The predicted molar refractivity (Wildman–Crippen MR) is 124 cm³/mol. The maximum absolute atomic E-state index is 13.1. The highest BCUT2D eigenvalue weighted by Gasteiger charge is 2.31. The molecule has 0 aromatic carbocycles. The molecule has 0 aliphatic rings. The Hall–Kier alpha value is -4.01. The number of primary amides is 1. The van der Waals surface area contributed by atoms with Crippen LogP contribution in [0.2, 0.25) is 0 Å². The molecule has 4 unspecified atom stereocenters. The molecule has 15 nitrogen and oxygen atoms in total. The van der Waals surface area contributed by atoms with Gasteiger partial charge < -0.3 is 42.6 Å². The minimum absolute atomic E-state index is 0.0623. The van der Waals surface area contributed by atoms with Crippen LogP contribution in [0.3, 0.4) is 0 Å². The van der Waals surface area contributed by atoms with Crippen LogP contribution in [0.4, 0.5) is 0 Å². The van der Waals surface area contributed by atoms with E-state index in [0.717, 1.165) is 0 Å². The van der Waals surface area contributed by atoms with E-state index in [1.807, 2.05) is 0 Å². The highest BCUT2D eigenvalue weighted by Crippen LogP contribution is 2.09. The van der Waals surface area contributed by atoms with Crippen molar-refractivity contribution in [3.05, 3.63) is 18.2 Å². The summed E-state index contributed by atoms with van der Waals surface area (Å²) >= 11 is 0. The third kappa shape index (κ3) is 10.9. The molecule has 15 heteroatoms. The summed E-state index contributed by atoms with van der Waals surface area (Å²) < 4.78 is 0. The van der Waals surface area contributed by atoms with Crippen molar-refractivity contribution in [3.63, 3.8) is 0 Å². The first-order chi connectivity index (χ1) is 16.8. The Balaban J connectivity index is 3.05.